The summed E-state index contributed by atoms with van der Waals surface area (Å²) in [4.78, 5) is 13.1. The number of amides is 1. The third-order valence-corrected chi connectivity index (χ3v) is 13.2. The van der Waals surface area contributed by atoms with Gasteiger partial charge in [0.05, 0.1) is 32.0 Å². The Hall–Kier alpha value is -3.35. The fraction of sp³-hybridized carbons (Fsp3) is 0.689. The lowest BCUT2D eigenvalue weighted by molar-refractivity contribution is -0.359. The molecule has 0 bridgehead atoms. The molecule has 0 aromatic rings. The number of aliphatic hydroxyl groups excluding tert-OH is 8. The van der Waals surface area contributed by atoms with Gasteiger partial charge in [-0.1, -0.05) is 194 Å². The van der Waals surface area contributed by atoms with Crippen LogP contribution in [0.2, 0.25) is 0 Å². The minimum atomic E-state index is -1.79. The summed E-state index contributed by atoms with van der Waals surface area (Å²) in [7, 11) is 0. The van der Waals surface area contributed by atoms with Crippen LogP contribution in [-0.4, -0.2) is 140 Å². The molecule has 0 aromatic heterocycles. The van der Waals surface area contributed by atoms with Crippen LogP contribution in [0.3, 0.4) is 0 Å². The van der Waals surface area contributed by atoms with Crippen LogP contribution in [0.5, 0.6) is 0 Å². The van der Waals surface area contributed by atoms with Gasteiger partial charge in [0.25, 0.3) is 0 Å². The molecular weight excluding hydrogens is 955 g/mol. The van der Waals surface area contributed by atoms with Gasteiger partial charge in [-0.15, -0.1) is 0 Å². The second-order valence-corrected chi connectivity index (χ2v) is 19.7. The quantitative estimate of drug-likeness (QED) is 0.0205. The van der Waals surface area contributed by atoms with E-state index in [0.717, 1.165) is 109 Å². The first kappa shape index (κ1) is 67.8. The molecule has 2 aliphatic heterocycles. The van der Waals surface area contributed by atoms with E-state index in [1.807, 2.05) is 6.08 Å². The van der Waals surface area contributed by atoms with Crippen LogP contribution in [-0.2, 0) is 23.7 Å². The Morgan fingerprint density at radius 3 is 1.41 bits per heavy atom. The minimum Gasteiger partial charge on any atom is -0.394 e. The normalized spacial score (nSPS) is 25.9. The molecule has 1 amide bonds. The highest BCUT2D eigenvalue weighted by Gasteiger charge is 2.51. The SMILES string of the molecule is CC/C=C\C/C=C\C/C=C\C/C=C\C/C=C\C/C=C\C/C=C\C/C=C\CCCCCCCCCCCCC(=O)NC(COC1OC(CO)C(OC2OC(CO)C(O)C(O)C2O)C(O)C1O)C(O)/C=C/CCCCCC. The van der Waals surface area contributed by atoms with E-state index in [-0.39, 0.29) is 18.9 Å². The predicted molar refractivity (Wildman–Crippen MR) is 299 cm³/mol. The topological polar surface area (TPSA) is 228 Å². The Kier molecular flexibility index (Phi) is 41.2. The molecule has 12 atom stereocenters. The summed E-state index contributed by atoms with van der Waals surface area (Å²) < 4.78 is 22.6. The molecule has 14 heteroatoms. The molecule has 2 heterocycles. The van der Waals surface area contributed by atoms with Crippen LogP contribution < -0.4 is 5.32 Å². The number of hydrogen-bond acceptors (Lipinski definition) is 13. The largest absolute Gasteiger partial charge is 0.394 e. The highest BCUT2D eigenvalue weighted by molar-refractivity contribution is 5.76. The van der Waals surface area contributed by atoms with Gasteiger partial charge in [-0.2, -0.15) is 0 Å². The Labute approximate surface area is 451 Å². The van der Waals surface area contributed by atoms with Crippen LogP contribution in [0.15, 0.2) is 109 Å². The average molecular weight is 1060 g/mol. The van der Waals surface area contributed by atoms with E-state index in [2.05, 4.69) is 116 Å². The molecule has 428 valence electrons. The van der Waals surface area contributed by atoms with Crippen LogP contribution in [0.4, 0.5) is 0 Å². The van der Waals surface area contributed by atoms with Crippen molar-refractivity contribution in [2.45, 2.75) is 248 Å². The van der Waals surface area contributed by atoms with Gasteiger partial charge in [-0.3, -0.25) is 4.79 Å². The zero-order chi connectivity index (χ0) is 54.6. The van der Waals surface area contributed by atoms with Crippen molar-refractivity contribution in [1.82, 2.24) is 5.32 Å². The number of nitrogens with one attached hydrogen (secondary N) is 1. The number of allylic oxidation sites excluding steroid dienone is 17. The average Bonchev–Trinajstić information content (AvgIpc) is 3.41. The summed E-state index contributed by atoms with van der Waals surface area (Å²) in [6.45, 7) is 2.55. The van der Waals surface area contributed by atoms with E-state index in [1.165, 1.54) is 38.5 Å². The molecule has 0 aliphatic carbocycles. The third-order valence-electron chi connectivity index (χ3n) is 13.2. The van der Waals surface area contributed by atoms with Gasteiger partial charge in [-0.05, 0) is 83.5 Å². The molecule has 2 saturated heterocycles. The van der Waals surface area contributed by atoms with Crippen LogP contribution in [0.25, 0.3) is 0 Å². The van der Waals surface area contributed by atoms with Gasteiger partial charge in [0.2, 0.25) is 5.91 Å². The fourth-order valence-electron chi connectivity index (χ4n) is 8.60. The number of carbonyl (C=O) groups excluding carboxylic acids is 1. The summed E-state index contributed by atoms with van der Waals surface area (Å²) in [5.74, 6) is -0.256. The van der Waals surface area contributed by atoms with Gasteiger partial charge in [0.1, 0.15) is 48.8 Å². The third kappa shape index (κ3) is 31.6. The highest BCUT2D eigenvalue weighted by atomic mass is 16.7. The maximum Gasteiger partial charge on any atom is 0.220 e. The van der Waals surface area contributed by atoms with E-state index in [9.17, 15) is 45.6 Å². The maximum atomic E-state index is 13.1. The van der Waals surface area contributed by atoms with Crippen molar-refractivity contribution >= 4 is 5.91 Å². The highest BCUT2D eigenvalue weighted by Crippen LogP contribution is 2.30. The Morgan fingerprint density at radius 2 is 0.920 bits per heavy atom. The smallest absolute Gasteiger partial charge is 0.220 e. The lowest BCUT2D eigenvalue weighted by Crippen LogP contribution is -2.65. The van der Waals surface area contributed by atoms with Crippen molar-refractivity contribution in [2.75, 3.05) is 19.8 Å². The van der Waals surface area contributed by atoms with E-state index >= 15 is 0 Å². The number of hydrogen-bond donors (Lipinski definition) is 9. The number of rotatable bonds is 43. The molecule has 0 saturated carbocycles. The van der Waals surface area contributed by atoms with Gasteiger partial charge >= 0.3 is 0 Å². The van der Waals surface area contributed by atoms with E-state index < -0.39 is 86.8 Å². The standard InChI is InChI=1S/C61H101NO13/c1-3-5-7-9-11-12-13-14-15-16-17-18-19-20-21-22-23-24-25-26-27-28-29-30-31-32-33-34-35-36-37-38-39-41-43-45-53(66)62-49(50(65)44-42-40-10-8-6-4-2)48-72-60-58(71)56(69)59(52(47-64)74-60)75-61-57(70)55(68)54(67)51(46-63)73-61/h5,7,11-12,14-15,17-18,20-21,23-24,26-27,29-30,42,44,49-52,54-61,63-65,67-71H,3-4,6,8-10,13,16,19,22,25,28,31-41,43,45-48H2,1-2H3,(H,62,66)/b7-5-,12-11-,15-14-,18-17-,21-20-,24-23-,27-26-,30-29-,44-42+. The molecule has 0 aromatic carbocycles. The second kappa shape index (κ2) is 45.6. The van der Waals surface area contributed by atoms with Crippen molar-refractivity contribution in [3.63, 3.8) is 0 Å². The van der Waals surface area contributed by atoms with Gasteiger partial charge in [-0.25, -0.2) is 0 Å². The first-order valence-electron chi connectivity index (χ1n) is 28.6. The van der Waals surface area contributed by atoms with Crippen molar-refractivity contribution < 1.29 is 64.6 Å². The predicted octanol–water partition coefficient (Wildman–Crippen LogP) is 9.27. The molecule has 9 N–H and O–H groups in total. The molecule has 14 nitrogen and oxygen atoms in total. The summed E-state index contributed by atoms with van der Waals surface area (Å²) in [6, 6.07) is -0.920. The first-order chi connectivity index (χ1) is 36.6. The lowest BCUT2D eigenvalue weighted by Gasteiger charge is -2.46. The lowest BCUT2D eigenvalue weighted by atomic mass is 9.97. The monoisotopic (exact) mass is 1060 g/mol. The maximum absolute atomic E-state index is 13.1. The van der Waals surface area contributed by atoms with E-state index in [0.29, 0.717) is 6.42 Å². The second-order valence-electron chi connectivity index (χ2n) is 19.7. The molecule has 0 spiro atoms. The fourth-order valence-corrected chi connectivity index (χ4v) is 8.60. The first-order valence-corrected chi connectivity index (χ1v) is 28.6. The zero-order valence-corrected chi connectivity index (χ0v) is 45.7. The minimum absolute atomic E-state index is 0.256. The Morgan fingerprint density at radius 1 is 0.493 bits per heavy atom. The molecular formula is C61H101NO13. The Balaban J connectivity index is 1.59. The van der Waals surface area contributed by atoms with Crippen molar-refractivity contribution in [1.29, 1.82) is 0 Å². The summed E-state index contributed by atoms with van der Waals surface area (Å²) in [6.07, 6.45) is 47.6. The summed E-state index contributed by atoms with van der Waals surface area (Å²) in [5.41, 5.74) is 0. The number of carbonyl (C=O) groups is 1. The van der Waals surface area contributed by atoms with Crippen LogP contribution >= 0.6 is 0 Å². The van der Waals surface area contributed by atoms with Gasteiger partial charge in [0, 0.05) is 6.42 Å². The van der Waals surface area contributed by atoms with Gasteiger partial charge < -0.3 is 65.1 Å². The molecule has 0 radical (unpaired) electrons. The van der Waals surface area contributed by atoms with E-state index in [4.69, 9.17) is 18.9 Å². The molecule has 2 rings (SSSR count). The van der Waals surface area contributed by atoms with Crippen molar-refractivity contribution in [3.05, 3.63) is 109 Å². The van der Waals surface area contributed by atoms with Crippen LogP contribution in [0, 0.1) is 0 Å². The van der Waals surface area contributed by atoms with Gasteiger partial charge in [0.15, 0.2) is 12.6 Å². The number of ether oxygens (including phenoxy) is 4. The summed E-state index contributed by atoms with van der Waals surface area (Å²) >= 11 is 0. The zero-order valence-electron chi connectivity index (χ0n) is 45.7. The number of aliphatic hydroxyl groups is 8. The van der Waals surface area contributed by atoms with Crippen LogP contribution in [0.1, 0.15) is 174 Å². The molecule has 12 unspecified atom stereocenters. The van der Waals surface area contributed by atoms with E-state index in [1.54, 1.807) is 6.08 Å². The number of unbranched alkanes of at least 4 members (excludes halogenated alkanes) is 14. The molecule has 2 fully saturated rings. The van der Waals surface area contributed by atoms with Crippen molar-refractivity contribution in [2.24, 2.45) is 0 Å². The van der Waals surface area contributed by atoms with Crippen molar-refractivity contribution in [3.8, 4) is 0 Å². The Bertz CT molecular complexity index is 1670. The molecule has 75 heavy (non-hydrogen) atoms. The molecule has 2 aliphatic rings. The summed E-state index contributed by atoms with van der Waals surface area (Å²) in [5, 5.41) is 86.4.